The van der Waals surface area contributed by atoms with Crippen molar-refractivity contribution in [2.45, 2.75) is 96.0 Å². The van der Waals surface area contributed by atoms with Gasteiger partial charge >= 0.3 is 101 Å². The molecule has 0 saturated heterocycles. The van der Waals surface area contributed by atoms with Crippen LogP contribution in [0.25, 0.3) is 0 Å². The van der Waals surface area contributed by atoms with Gasteiger partial charge < -0.3 is 9.84 Å². The van der Waals surface area contributed by atoms with Crippen LogP contribution in [-0.4, -0.2) is 137 Å². The molecule has 0 amide bonds. The van der Waals surface area contributed by atoms with Crippen molar-refractivity contribution in [3.63, 3.8) is 0 Å². The fourth-order valence-electron chi connectivity index (χ4n) is 2.49. The van der Waals surface area contributed by atoms with Gasteiger partial charge in [0.05, 0.1) is 6.42 Å². The number of unbranched alkanes of at least 4 members (excludes halogenated alkanes) is 9. The second-order valence-corrected chi connectivity index (χ2v) is 8.32. The van der Waals surface area contributed by atoms with Crippen molar-refractivity contribution in [3.05, 3.63) is 0 Å². The fourth-order valence-corrected chi connectivity index (χ4v) is 3.09. The molecular formula is C18H37Na3O9S. The van der Waals surface area contributed by atoms with Gasteiger partial charge in [0, 0.05) is 6.61 Å². The summed E-state index contributed by atoms with van der Waals surface area (Å²) >= 11 is 0. The Hall–Kier alpha value is 1.77. The van der Waals surface area contributed by atoms with E-state index in [-0.39, 0.29) is 88.7 Å². The molecule has 31 heavy (non-hydrogen) atoms. The molecule has 0 spiro atoms. The van der Waals surface area contributed by atoms with Crippen LogP contribution >= 0.6 is 0 Å². The first-order valence-corrected chi connectivity index (χ1v) is 11.4. The molecule has 2 unspecified atom stereocenters. The number of ether oxygens (including phenoxy) is 1. The topological polar surface area (TPSA) is 136 Å². The predicted octanol–water partition coefficient (Wildman–Crippen LogP) is 1.53. The van der Waals surface area contributed by atoms with Crippen molar-refractivity contribution >= 4 is 111 Å². The third-order valence-electron chi connectivity index (χ3n) is 4.11. The Morgan fingerprint density at radius 3 is 1.74 bits per heavy atom. The van der Waals surface area contributed by atoms with Crippen LogP contribution in [0.5, 0.6) is 0 Å². The molecule has 0 aromatic rings. The summed E-state index contributed by atoms with van der Waals surface area (Å²) in [6.45, 7) is 4.11. The monoisotopic (exact) mass is 498 g/mol. The summed E-state index contributed by atoms with van der Waals surface area (Å²) in [6.07, 6.45) is 9.98. The van der Waals surface area contributed by atoms with Crippen LogP contribution in [0, 0.1) is 0 Å². The van der Waals surface area contributed by atoms with E-state index in [1.165, 1.54) is 51.9 Å². The number of carboxylic acids is 1. The molecule has 0 aliphatic rings. The van der Waals surface area contributed by atoms with Crippen LogP contribution < -0.4 is 0 Å². The van der Waals surface area contributed by atoms with E-state index in [1.807, 2.05) is 0 Å². The standard InChI is InChI=1S/C18H34O9S.3Na.3H/c1-3-4-5-6-7-8-9-10-11-12-13-25-15(2)26-27-17(19)14-16(18(20)21)28(22,23)24;;;;;;/h15-16H,3-14H2,1-2H3,(H,20,21)(H,22,23,24);;;;;;. The van der Waals surface area contributed by atoms with Gasteiger partial charge in [-0.2, -0.15) is 13.3 Å². The minimum absolute atomic E-state index is 0. The molecule has 0 aliphatic carbocycles. The van der Waals surface area contributed by atoms with Crippen molar-refractivity contribution in [2.75, 3.05) is 6.61 Å². The van der Waals surface area contributed by atoms with Crippen LogP contribution in [0.3, 0.4) is 0 Å². The number of carboxylic acid groups (broad SMARTS) is 1. The Morgan fingerprint density at radius 1 is 0.871 bits per heavy atom. The van der Waals surface area contributed by atoms with E-state index in [2.05, 4.69) is 16.7 Å². The van der Waals surface area contributed by atoms with E-state index < -0.39 is 40.0 Å². The molecule has 0 aromatic carbocycles. The molecule has 0 rings (SSSR count). The van der Waals surface area contributed by atoms with Crippen LogP contribution in [0.2, 0.25) is 0 Å². The van der Waals surface area contributed by atoms with Crippen molar-refractivity contribution in [2.24, 2.45) is 0 Å². The molecular weight excluding hydrogens is 461 g/mol. The van der Waals surface area contributed by atoms with Gasteiger partial charge in [-0.3, -0.25) is 14.2 Å². The predicted molar refractivity (Wildman–Crippen MR) is 123 cm³/mol. The maximum atomic E-state index is 11.4. The number of carbonyl (C=O) groups excluding carboxylic acids is 1. The summed E-state index contributed by atoms with van der Waals surface area (Å²) in [7, 11) is -4.92. The quantitative estimate of drug-likeness (QED) is 0.0720. The van der Waals surface area contributed by atoms with E-state index >= 15 is 0 Å². The first-order chi connectivity index (χ1) is 13.2. The van der Waals surface area contributed by atoms with Gasteiger partial charge in [-0.05, 0) is 13.3 Å². The molecule has 2 atom stereocenters. The Morgan fingerprint density at radius 2 is 1.32 bits per heavy atom. The molecule has 0 fully saturated rings. The molecule has 9 nitrogen and oxygen atoms in total. The van der Waals surface area contributed by atoms with Gasteiger partial charge in [0.15, 0.2) is 11.5 Å². The average molecular weight is 499 g/mol. The van der Waals surface area contributed by atoms with Crippen molar-refractivity contribution in [1.82, 2.24) is 0 Å². The minimum atomic E-state index is -4.92. The molecule has 13 heteroatoms. The molecule has 0 aliphatic heterocycles. The molecule has 0 saturated carbocycles. The number of hydrogen-bond acceptors (Lipinski definition) is 7. The normalized spacial score (nSPS) is 12.5. The summed E-state index contributed by atoms with van der Waals surface area (Å²) < 4.78 is 35.8. The fraction of sp³-hybridized carbons (Fsp3) is 0.889. The Bertz CT molecular complexity index is 547. The molecule has 0 heterocycles. The van der Waals surface area contributed by atoms with Crippen LogP contribution in [0.15, 0.2) is 0 Å². The SMILES string of the molecule is CCCCCCCCCCCCOC(C)OOC(=O)CC(C(=O)O)S(=O)(=O)O.[NaH].[NaH].[NaH]. The van der Waals surface area contributed by atoms with Gasteiger partial charge in [0.2, 0.25) is 0 Å². The zero-order valence-corrected chi connectivity index (χ0v) is 17.6. The first kappa shape index (κ1) is 40.0. The second-order valence-electron chi connectivity index (χ2n) is 6.72. The third-order valence-corrected chi connectivity index (χ3v) is 5.20. The summed E-state index contributed by atoms with van der Waals surface area (Å²) in [5.41, 5.74) is 0. The van der Waals surface area contributed by atoms with E-state index in [9.17, 15) is 18.0 Å². The zero-order valence-electron chi connectivity index (χ0n) is 16.8. The Balaban J connectivity index is -0.00000121. The number of carbonyl (C=O) groups is 2. The van der Waals surface area contributed by atoms with Crippen molar-refractivity contribution < 1.29 is 42.2 Å². The van der Waals surface area contributed by atoms with Crippen molar-refractivity contribution in [1.29, 1.82) is 0 Å². The van der Waals surface area contributed by atoms with Crippen molar-refractivity contribution in [3.8, 4) is 0 Å². The van der Waals surface area contributed by atoms with E-state index in [4.69, 9.17) is 14.4 Å². The van der Waals surface area contributed by atoms with E-state index in [0.717, 1.165) is 19.3 Å². The summed E-state index contributed by atoms with van der Waals surface area (Å²) in [5, 5.41) is 6.39. The van der Waals surface area contributed by atoms with Gasteiger partial charge in [-0.1, -0.05) is 64.7 Å². The first-order valence-electron chi connectivity index (χ1n) is 9.85. The molecule has 0 aromatic heterocycles. The average Bonchev–Trinajstić information content (AvgIpc) is 2.61. The Kier molecular flexibility index (Phi) is 32.1. The molecule has 0 bridgehead atoms. The third kappa shape index (κ3) is 24.7. The zero-order chi connectivity index (χ0) is 21.4. The second kappa shape index (κ2) is 24.9. The molecule has 2 N–H and O–H groups in total. The molecule has 0 radical (unpaired) electrons. The van der Waals surface area contributed by atoms with Gasteiger partial charge in [-0.25, -0.2) is 4.79 Å². The van der Waals surface area contributed by atoms with Gasteiger partial charge in [0.25, 0.3) is 10.1 Å². The number of hydrogen-bond donors (Lipinski definition) is 2. The van der Waals surface area contributed by atoms with Crippen LogP contribution in [-0.2, 0) is 34.2 Å². The summed E-state index contributed by atoms with van der Waals surface area (Å²) in [6, 6.07) is 0. The number of aliphatic carboxylic acids is 1. The Labute approximate surface area is 252 Å². The van der Waals surface area contributed by atoms with E-state index in [1.54, 1.807) is 0 Å². The summed E-state index contributed by atoms with van der Waals surface area (Å²) in [5.74, 6) is -3.09. The van der Waals surface area contributed by atoms with Gasteiger partial charge in [0.1, 0.15) is 0 Å². The van der Waals surface area contributed by atoms with E-state index in [0.29, 0.717) is 6.61 Å². The maximum absolute atomic E-state index is 11.4. The van der Waals surface area contributed by atoms with Crippen LogP contribution in [0.1, 0.15) is 84.5 Å². The summed E-state index contributed by atoms with van der Waals surface area (Å²) in [4.78, 5) is 31.1. The van der Waals surface area contributed by atoms with Gasteiger partial charge in [-0.15, -0.1) is 0 Å². The molecule has 172 valence electrons. The number of rotatable bonds is 18. The van der Waals surface area contributed by atoms with Crippen LogP contribution in [0.4, 0.5) is 0 Å².